The fourth-order valence-corrected chi connectivity index (χ4v) is 1.44. The van der Waals surface area contributed by atoms with Gasteiger partial charge in [0, 0.05) is 19.2 Å². The Kier molecular flexibility index (Phi) is 4.75. The van der Waals surface area contributed by atoms with Crippen molar-refractivity contribution in [2.24, 2.45) is 0 Å². The molecule has 0 saturated carbocycles. The van der Waals surface area contributed by atoms with Crippen LogP contribution in [0, 0.1) is 15.9 Å². The molecule has 0 saturated heterocycles. The summed E-state index contributed by atoms with van der Waals surface area (Å²) in [5, 5.41) is 23.3. The maximum Gasteiger partial charge on any atom is 0.272 e. The van der Waals surface area contributed by atoms with Gasteiger partial charge in [-0.2, -0.15) is 0 Å². The lowest BCUT2D eigenvalue weighted by atomic mass is 10.0. The summed E-state index contributed by atoms with van der Waals surface area (Å²) in [5.74, 6) is -0.636. The molecule has 0 spiro atoms. The van der Waals surface area contributed by atoms with Crippen LogP contribution in [0.5, 0.6) is 0 Å². The van der Waals surface area contributed by atoms with Gasteiger partial charge in [0.05, 0.1) is 16.6 Å². The van der Waals surface area contributed by atoms with Gasteiger partial charge in [0.2, 0.25) is 0 Å². The van der Waals surface area contributed by atoms with Crippen molar-refractivity contribution in [3.05, 3.63) is 39.7 Å². The van der Waals surface area contributed by atoms with Crippen molar-refractivity contribution >= 4 is 5.69 Å². The number of aliphatic hydroxyl groups is 1. The first-order valence-electron chi connectivity index (χ1n) is 5.71. The quantitative estimate of drug-likeness (QED) is 0.603. The predicted molar refractivity (Wildman–Crippen MR) is 65.7 cm³/mol. The largest absolute Gasteiger partial charge is 0.389 e. The molecule has 6 heteroatoms. The first-order valence-corrected chi connectivity index (χ1v) is 5.71. The summed E-state index contributed by atoms with van der Waals surface area (Å²) in [5.41, 5.74) is -0.623. The van der Waals surface area contributed by atoms with Crippen molar-refractivity contribution < 1.29 is 14.4 Å². The maximum absolute atomic E-state index is 13.1. The van der Waals surface area contributed by atoms with E-state index in [-0.39, 0.29) is 12.2 Å². The highest BCUT2D eigenvalue weighted by atomic mass is 19.1. The highest BCUT2D eigenvalue weighted by Crippen LogP contribution is 2.16. The van der Waals surface area contributed by atoms with E-state index in [2.05, 4.69) is 5.32 Å². The number of hydrogen-bond acceptors (Lipinski definition) is 4. The summed E-state index contributed by atoms with van der Waals surface area (Å²) in [6.45, 7) is 4.16. The molecule has 1 rings (SSSR count). The highest BCUT2D eigenvalue weighted by molar-refractivity contribution is 5.35. The molecule has 1 atom stereocenters. The molecular formula is C12H17FN2O3. The fourth-order valence-electron chi connectivity index (χ4n) is 1.44. The van der Waals surface area contributed by atoms with E-state index in [0.29, 0.717) is 18.5 Å². The zero-order valence-corrected chi connectivity index (χ0v) is 10.4. The van der Waals surface area contributed by atoms with Gasteiger partial charge < -0.3 is 10.4 Å². The summed E-state index contributed by atoms with van der Waals surface area (Å²) in [4.78, 5) is 9.93. The lowest BCUT2D eigenvalue weighted by Crippen LogP contribution is -2.36. The molecule has 0 aliphatic rings. The number of rotatable bonds is 6. The molecule has 100 valence electrons. The summed E-state index contributed by atoms with van der Waals surface area (Å²) in [6, 6.07) is 3.43. The molecule has 0 radical (unpaired) electrons. The Bertz CT molecular complexity index is 435. The van der Waals surface area contributed by atoms with E-state index in [4.69, 9.17) is 0 Å². The SMILES string of the molecule is CCC(C)(O)CNCc1cc(F)cc([N+](=O)[O-])c1. The number of nitro groups is 1. The van der Waals surface area contributed by atoms with Crippen LogP contribution < -0.4 is 5.32 Å². The molecule has 2 N–H and O–H groups in total. The molecule has 1 aromatic carbocycles. The van der Waals surface area contributed by atoms with Crippen LogP contribution in [0.2, 0.25) is 0 Å². The van der Waals surface area contributed by atoms with Crippen LogP contribution in [-0.4, -0.2) is 22.2 Å². The Hall–Kier alpha value is -1.53. The smallest absolute Gasteiger partial charge is 0.272 e. The number of nitrogens with one attached hydrogen (secondary N) is 1. The number of halogens is 1. The van der Waals surface area contributed by atoms with Crippen LogP contribution in [0.15, 0.2) is 18.2 Å². The van der Waals surface area contributed by atoms with Crippen LogP contribution in [0.1, 0.15) is 25.8 Å². The van der Waals surface area contributed by atoms with Gasteiger partial charge >= 0.3 is 0 Å². The van der Waals surface area contributed by atoms with Gasteiger partial charge in [0.25, 0.3) is 5.69 Å². The Balaban J connectivity index is 2.65. The van der Waals surface area contributed by atoms with E-state index in [1.54, 1.807) is 6.92 Å². The maximum atomic E-state index is 13.1. The van der Waals surface area contributed by atoms with Crippen molar-refractivity contribution in [1.82, 2.24) is 5.32 Å². The Morgan fingerprint density at radius 3 is 2.72 bits per heavy atom. The molecule has 0 aromatic heterocycles. The normalized spacial score (nSPS) is 14.2. The first-order chi connectivity index (χ1) is 8.34. The van der Waals surface area contributed by atoms with Gasteiger partial charge in [-0.3, -0.25) is 10.1 Å². The minimum Gasteiger partial charge on any atom is -0.389 e. The van der Waals surface area contributed by atoms with Crippen molar-refractivity contribution in [1.29, 1.82) is 0 Å². The minimum atomic E-state index is -0.834. The van der Waals surface area contributed by atoms with E-state index in [1.807, 2.05) is 6.92 Å². The van der Waals surface area contributed by atoms with E-state index < -0.39 is 16.3 Å². The van der Waals surface area contributed by atoms with E-state index in [1.165, 1.54) is 12.1 Å². The number of non-ortho nitro benzene ring substituents is 1. The second-order valence-electron chi connectivity index (χ2n) is 4.53. The molecule has 1 unspecified atom stereocenters. The van der Waals surface area contributed by atoms with E-state index in [0.717, 1.165) is 6.07 Å². The van der Waals surface area contributed by atoms with E-state index in [9.17, 15) is 19.6 Å². The topological polar surface area (TPSA) is 75.4 Å². The third-order valence-corrected chi connectivity index (χ3v) is 2.75. The van der Waals surface area contributed by atoms with Crippen LogP contribution in [-0.2, 0) is 6.54 Å². The molecule has 0 heterocycles. The van der Waals surface area contributed by atoms with Gasteiger partial charge in [-0.25, -0.2) is 4.39 Å². The van der Waals surface area contributed by atoms with Crippen LogP contribution in [0.3, 0.4) is 0 Å². The Morgan fingerprint density at radius 1 is 1.50 bits per heavy atom. The molecule has 0 aliphatic heterocycles. The average Bonchev–Trinajstić information content (AvgIpc) is 2.28. The second-order valence-corrected chi connectivity index (χ2v) is 4.53. The number of nitro benzene ring substituents is 1. The van der Waals surface area contributed by atoms with Crippen molar-refractivity contribution in [3.8, 4) is 0 Å². The van der Waals surface area contributed by atoms with Crippen LogP contribution in [0.25, 0.3) is 0 Å². The Morgan fingerprint density at radius 2 is 2.17 bits per heavy atom. The van der Waals surface area contributed by atoms with Crippen LogP contribution >= 0.6 is 0 Å². The summed E-state index contributed by atoms with van der Waals surface area (Å²) < 4.78 is 13.1. The number of benzene rings is 1. The van der Waals surface area contributed by atoms with E-state index >= 15 is 0 Å². The molecule has 0 fully saturated rings. The summed E-state index contributed by atoms with van der Waals surface area (Å²) in [6.07, 6.45) is 0.587. The van der Waals surface area contributed by atoms with Gasteiger partial charge in [-0.15, -0.1) is 0 Å². The van der Waals surface area contributed by atoms with Gasteiger partial charge in [-0.05, 0) is 25.0 Å². The van der Waals surface area contributed by atoms with Gasteiger partial charge in [0.1, 0.15) is 5.82 Å². The third kappa shape index (κ3) is 4.38. The molecule has 0 amide bonds. The molecule has 0 aliphatic carbocycles. The zero-order chi connectivity index (χ0) is 13.8. The predicted octanol–water partition coefficient (Wildman–Crippen LogP) is 1.98. The number of nitrogens with zero attached hydrogens (tertiary/aromatic N) is 1. The lowest BCUT2D eigenvalue weighted by Gasteiger charge is -2.21. The van der Waals surface area contributed by atoms with Gasteiger partial charge in [0.15, 0.2) is 0 Å². The highest BCUT2D eigenvalue weighted by Gasteiger charge is 2.16. The fraction of sp³-hybridized carbons (Fsp3) is 0.500. The Labute approximate surface area is 105 Å². The molecule has 0 bridgehead atoms. The first kappa shape index (κ1) is 14.5. The van der Waals surface area contributed by atoms with Crippen molar-refractivity contribution in [2.75, 3.05) is 6.54 Å². The monoisotopic (exact) mass is 256 g/mol. The summed E-state index contributed by atoms with van der Waals surface area (Å²) in [7, 11) is 0. The number of hydrogen-bond donors (Lipinski definition) is 2. The molecule has 1 aromatic rings. The second kappa shape index (κ2) is 5.88. The third-order valence-electron chi connectivity index (χ3n) is 2.75. The molecular weight excluding hydrogens is 239 g/mol. The standard InChI is InChI=1S/C12H17FN2O3/c1-3-12(2,16)8-14-7-9-4-10(13)6-11(5-9)15(17)18/h4-6,14,16H,3,7-8H2,1-2H3. The zero-order valence-electron chi connectivity index (χ0n) is 10.4. The van der Waals surface area contributed by atoms with Crippen molar-refractivity contribution in [2.45, 2.75) is 32.4 Å². The van der Waals surface area contributed by atoms with Crippen molar-refractivity contribution in [3.63, 3.8) is 0 Å². The average molecular weight is 256 g/mol. The summed E-state index contributed by atoms with van der Waals surface area (Å²) >= 11 is 0. The minimum absolute atomic E-state index is 0.269. The van der Waals surface area contributed by atoms with Crippen LogP contribution in [0.4, 0.5) is 10.1 Å². The van der Waals surface area contributed by atoms with Gasteiger partial charge in [-0.1, -0.05) is 6.92 Å². The molecule has 18 heavy (non-hydrogen) atoms. The lowest BCUT2D eigenvalue weighted by molar-refractivity contribution is -0.385. The molecule has 5 nitrogen and oxygen atoms in total.